The highest BCUT2D eigenvalue weighted by molar-refractivity contribution is 5.98. The summed E-state index contributed by atoms with van der Waals surface area (Å²) in [7, 11) is 0. The number of nitro groups is 1. The minimum Gasteiger partial charge on any atom is -0.369 e. The Morgan fingerprint density at radius 3 is 2.47 bits per heavy atom. The molecule has 0 atom stereocenters. The maximum atomic E-state index is 12.8. The number of amides is 2. The molecule has 13 heteroatoms. The quantitative estimate of drug-likeness (QED) is 0.134. The van der Waals surface area contributed by atoms with Crippen LogP contribution in [0.25, 0.3) is 0 Å². The van der Waals surface area contributed by atoms with Gasteiger partial charge in [-0.05, 0) is 43.2 Å². The number of aromatic nitrogens is 3. The second-order valence-electron chi connectivity index (χ2n) is 7.61. The fourth-order valence-electron chi connectivity index (χ4n) is 3.11. The summed E-state index contributed by atoms with van der Waals surface area (Å²) < 4.78 is 0. The number of nitrogens with one attached hydrogen (secondary N) is 4. The van der Waals surface area contributed by atoms with E-state index >= 15 is 0 Å². The zero-order chi connectivity index (χ0) is 25.9. The van der Waals surface area contributed by atoms with Gasteiger partial charge in [0.1, 0.15) is 11.4 Å². The molecule has 188 valence electrons. The van der Waals surface area contributed by atoms with E-state index in [1.54, 1.807) is 24.3 Å². The molecule has 36 heavy (non-hydrogen) atoms. The van der Waals surface area contributed by atoms with Crippen molar-refractivity contribution in [3.8, 4) is 0 Å². The molecule has 0 spiro atoms. The van der Waals surface area contributed by atoms with Crippen LogP contribution in [0.5, 0.6) is 0 Å². The van der Waals surface area contributed by atoms with Crippen LogP contribution in [-0.2, 0) is 0 Å². The number of anilines is 4. The van der Waals surface area contributed by atoms with Crippen LogP contribution in [0.2, 0.25) is 0 Å². The molecule has 0 saturated heterocycles. The van der Waals surface area contributed by atoms with Gasteiger partial charge in [-0.25, -0.2) is 9.97 Å². The number of rotatable bonds is 13. The number of nitrogens with two attached hydrogens (primary N) is 1. The van der Waals surface area contributed by atoms with Crippen LogP contribution < -0.4 is 27.0 Å². The molecule has 2 amide bonds. The lowest BCUT2D eigenvalue weighted by atomic mass is 10.2. The van der Waals surface area contributed by atoms with Gasteiger partial charge in [0, 0.05) is 49.3 Å². The third-order valence-corrected chi connectivity index (χ3v) is 4.92. The first-order chi connectivity index (χ1) is 17.4. The highest BCUT2D eigenvalue weighted by atomic mass is 16.6. The van der Waals surface area contributed by atoms with Crippen LogP contribution >= 0.6 is 0 Å². The zero-order valence-electron chi connectivity index (χ0n) is 19.7. The smallest absolute Gasteiger partial charge is 0.311 e. The Morgan fingerprint density at radius 2 is 1.78 bits per heavy atom. The molecular weight excluding hydrogens is 466 g/mol. The molecule has 0 aliphatic carbocycles. The Bertz CT molecular complexity index is 1220. The molecule has 0 radical (unpaired) electrons. The molecule has 0 bridgehead atoms. The molecule has 3 rings (SSSR count). The topological polar surface area (TPSA) is 190 Å². The largest absolute Gasteiger partial charge is 0.369 e. The molecule has 1 aromatic carbocycles. The Kier molecular flexibility index (Phi) is 9.03. The first-order valence-electron chi connectivity index (χ1n) is 11.3. The van der Waals surface area contributed by atoms with E-state index in [1.807, 2.05) is 6.92 Å². The van der Waals surface area contributed by atoms with Crippen molar-refractivity contribution in [3.05, 3.63) is 70.0 Å². The molecule has 0 aliphatic rings. The highest BCUT2D eigenvalue weighted by Crippen LogP contribution is 2.20. The zero-order valence-corrected chi connectivity index (χ0v) is 19.7. The van der Waals surface area contributed by atoms with Crippen LogP contribution in [0.3, 0.4) is 0 Å². The first-order valence-corrected chi connectivity index (χ1v) is 11.3. The predicted octanol–water partition coefficient (Wildman–Crippen LogP) is 2.68. The van der Waals surface area contributed by atoms with Crippen LogP contribution in [0, 0.1) is 10.1 Å². The van der Waals surface area contributed by atoms with E-state index in [0.717, 1.165) is 6.42 Å². The molecule has 0 fully saturated rings. The van der Waals surface area contributed by atoms with Crippen LogP contribution in [0.1, 0.15) is 40.5 Å². The number of nitrogens with zero attached hydrogens (tertiary/aromatic N) is 4. The van der Waals surface area contributed by atoms with E-state index in [-0.39, 0.29) is 28.9 Å². The summed E-state index contributed by atoms with van der Waals surface area (Å²) >= 11 is 0. The van der Waals surface area contributed by atoms with Gasteiger partial charge < -0.3 is 27.0 Å². The normalized spacial score (nSPS) is 10.4. The second kappa shape index (κ2) is 12.6. The Labute approximate surface area is 207 Å². The fraction of sp³-hybridized carbons (Fsp3) is 0.261. The van der Waals surface area contributed by atoms with Crippen molar-refractivity contribution in [2.75, 3.05) is 35.6 Å². The minimum atomic E-state index is -0.520. The highest BCUT2D eigenvalue weighted by Gasteiger charge is 2.16. The van der Waals surface area contributed by atoms with Gasteiger partial charge in [-0.15, -0.1) is 0 Å². The van der Waals surface area contributed by atoms with Crippen molar-refractivity contribution in [1.29, 1.82) is 0 Å². The molecule has 2 aromatic heterocycles. The summed E-state index contributed by atoms with van der Waals surface area (Å²) in [5.41, 5.74) is 6.47. The number of primary amides is 1. The summed E-state index contributed by atoms with van der Waals surface area (Å²) in [6.45, 7) is 3.31. The third-order valence-electron chi connectivity index (χ3n) is 4.92. The van der Waals surface area contributed by atoms with Gasteiger partial charge in [-0.1, -0.05) is 6.92 Å². The average Bonchev–Trinajstić information content (AvgIpc) is 2.87. The van der Waals surface area contributed by atoms with Crippen molar-refractivity contribution >= 4 is 40.8 Å². The maximum Gasteiger partial charge on any atom is 0.311 e. The van der Waals surface area contributed by atoms with Gasteiger partial charge in [0.25, 0.3) is 5.91 Å². The summed E-state index contributed by atoms with van der Waals surface area (Å²) in [6, 6.07) is 9.40. The molecule has 0 unspecified atom stereocenters. The number of carbonyl (C=O) groups excluding carboxylic acids is 2. The van der Waals surface area contributed by atoms with E-state index in [2.05, 4.69) is 36.2 Å². The summed E-state index contributed by atoms with van der Waals surface area (Å²) in [6.07, 6.45) is 4.24. The Balaban J connectivity index is 1.59. The molecule has 3 aromatic rings. The maximum absolute atomic E-state index is 12.8. The molecule has 0 aliphatic heterocycles. The van der Waals surface area contributed by atoms with E-state index in [4.69, 9.17) is 5.73 Å². The lowest BCUT2D eigenvalue weighted by molar-refractivity contribution is -0.384. The van der Waals surface area contributed by atoms with Crippen molar-refractivity contribution in [1.82, 2.24) is 20.3 Å². The van der Waals surface area contributed by atoms with Crippen molar-refractivity contribution in [2.45, 2.75) is 19.8 Å². The van der Waals surface area contributed by atoms with Crippen LogP contribution in [-0.4, -0.2) is 51.3 Å². The van der Waals surface area contributed by atoms with Crippen molar-refractivity contribution in [3.63, 3.8) is 0 Å². The Morgan fingerprint density at radius 1 is 1.03 bits per heavy atom. The van der Waals surface area contributed by atoms with Crippen molar-refractivity contribution < 1.29 is 14.5 Å². The van der Waals surface area contributed by atoms with Gasteiger partial charge in [-0.2, -0.15) is 4.98 Å². The summed E-state index contributed by atoms with van der Waals surface area (Å²) in [4.78, 5) is 47.2. The standard InChI is InChI=1S/C23H27N9O4/c1-2-10-25-20-17(14-29-23(31-20)30-16-8-6-15(7-9-16)19(24)33)22(34)28-13-4-12-27-21-18(32(35)36)5-3-11-26-21/h3,5-9,11,14H,2,4,10,12-13H2,1H3,(H2,24,33)(H,26,27)(H,28,34)(H2,25,29,30,31). The van der Waals surface area contributed by atoms with Gasteiger partial charge >= 0.3 is 5.69 Å². The minimum absolute atomic E-state index is 0.108. The third kappa shape index (κ3) is 7.09. The second-order valence-corrected chi connectivity index (χ2v) is 7.61. The van der Waals surface area contributed by atoms with Gasteiger partial charge in [-0.3, -0.25) is 19.7 Å². The molecule has 6 N–H and O–H groups in total. The summed E-state index contributed by atoms with van der Waals surface area (Å²) in [5, 5.41) is 22.9. The lowest BCUT2D eigenvalue weighted by Crippen LogP contribution is -2.27. The van der Waals surface area contributed by atoms with E-state index in [0.29, 0.717) is 43.1 Å². The first kappa shape index (κ1) is 25.8. The van der Waals surface area contributed by atoms with Gasteiger partial charge in [0.2, 0.25) is 17.7 Å². The number of benzene rings is 1. The Hall–Kier alpha value is -4.81. The average molecular weight is 494 g/mol. The number of hydrogen-bond acceptors (Lipinski definition) is 10. The van der Waals surface area contributed by atoms with E-state index in [9.17, 15) is 19.7 Å². The summed E-state index contributed by atoms with van der Waals surface area (Å²) in [5.74, 6) is -0.0376. The molecule has 0 saturated carbocycles. The number of carbonyl (C=O) groups is 2. The van der Waals surface area contributed by atoms with Crippen molar-refractivity contribution in [2.24, 2.45) is 5.73 Å². The fourth-order valence-corrected chi connectivity index (χ4v) is 3.11. The monoisotopic (exact) mass is 493 g/mol. The lowest BCUT2D eigenvalue weighted by Gasteiger charge is -2.13. The van der Waals surface area contributed by atoms with E-state index < -0.39 is 10.8 Å². The number of hydrogen-bond donors (Lipinski definition) is 5. The van der Waals surface area contributed by atoms with Gasteiger partial charge in [0.15, 0.2) is 0 Å². The van der Waals surface area contributed by atoms with Gasteiger partial charge in [0.05, 0.1) is 4.92 Å². The van der Waals surface area contributed by atoms with E-state index in [1.165, 1.54) is 24.5 Å². The number of pyridine rings is 1. The molecular formula is C23H27N9O4. The van der Waals surface area contributed by atoms with Crippen LogP contribution in [0.15, 0.2) is 48.8 Å². The molecule has 13 nitrogen and oxygen atoms in total. The SMILES string of the molecule is CCCNc1nc(Nc2ccc(C(N)=O)cc2)ncc1C(=O)NCCCNc1ncccc1[N+](=O)[O-]. The predicted molar refractivity (Wildman–Crippen MR) is 135 cm³/mol. The molecule has 2 heterocycles. The van der Waals surface area contributed by atoms with Crippen LogP contribution in [0.4, 0.5) is 29.0 Å².